The molecule has 1 aliphatic heterocycles. The molecule has 2 aromatic rings. The van der Waals surface area contributed by atoms with E-state index < -0.39 is 12.1 Å². The Balaban J connectivity index is 2.14. The van der Waals surface area contributed by atoms with E-state index in [1.165, 1.54) is 7.11 Å². The highest BCUT2D eigenvalue weighted by atomic mass is 16.6. The van der Waals surface area contributed by atoms with Gasteiger partial charge in [0.15, 0.2) is 11.5 Å². The number of ether oxygens (including phenoxy) is 4. The van der Waals surface area contributed by atoms with Crippen molar-refractivity contribution in [1.29, 1.82) is 0 Å². The van der Waals surface area contributed by atoms with Crippen molar-refractivity contribution < 1.29 is 28.8 Å². The molecule has 3 rings (SSSR count). The smallest absolute Gasteiger partial charge is 0.346 e. The van der Waals surface area contributed by atoms with Crippen molar-refractivity contribution in [2.45, 2.75) is 39.9 Å². The van der Waals surface area contributed by atoms with Crippen LogP contribution in [0.15, 0.2) is 24.3 Å². The summed E-state index contributed by atoms with van der Waals surface area (Å²) in [5.41, 5.74) is 2.39. The van der Waals surface area contributed by atoms with E-state index in [1.54, 1.807) is 19.2 Å². The number of cyclic esters (lactones) is 1. The first-order valence-electron chi connectivity index (χ1n) is 9.27. The van der Waals surface area contributed by atoms with Crippen molar-refractivity contribution in [2.75, 3.05) is 14.2 Å². The fourth-order valence-electron chi connectivity index (χ4n) is 3.43. The first kappa shape index (κ1) is 20.0. The average molecular weight is 386 g/mol. The number of hydrogen-bond acceptors (Lipinski definition) is 6. The minimum atomic E-state index is -0.761. The van der Waals surface area contributed by atoms with Crippen LogP contribution in [0.5, 0.6) is 23.0 Å². The van der Waals surface area contributed by atoms with Gasteiger partial charge in [0.2, 0.25) is 0 Å². The van der Waals surface area contributed by atoms with E-state index in [0.717, 1.165) is 11.1 Å². The Hall–Kier alpha value is -2.73. The van der Waals surface area contributed by atoms with E-state index in [0.29, 0.717) is 29.2 Å². The van der Waals surface area contributed by atoms with Crippen LogP contribution in [-0.4, -0.2) is 25.3 Å². The normalized spacial score (nSPS) is 14.2. The van der Waals surface area contributed by atoms with Gasteiger partial charge >= 0.3 is 5.97 Å². The van der Waals surface area contributed by atoms with Crippen molar-refractivity contribution in [2.24, 2.45) is 5.92 Å². The maximum atomic E-state index is 12.8. The fraction of sp³-hybridized carbons (Fsp3) is 0.409. The first-order valence-corrected chi connectivity index (χ1v) is 9.27. The predicted molar refractivity (Wildman–Crippen MR) is 104 cm³/mol. The zero-order chi connectivity index (χ0) is 20.4. The Labute approximate surface area is 165 Å². The van der Waals surface area contributed by atoms with Crippen molar-refractivity contribution in [3.63, 3.8) is 0 Å². The van der Waals surface area contributed by atoms with Crippen molar-refractivity contribution in [3.8, 4) is 23.0 Å². The Kier molecular flexibility index (Phi) is 5.79. The summed E-state index contributed by atoms with van der Waals surface area (Å²) in [6.45, 7) is 6.02. The van der Waals surface area contributed by atoms with Gasteiger partial charge in [-0.3, -0.25) is 0 Å². The van der Waals surface area contributed by atoms with Crippen LogP contribution < -0.4 is 14.2 Å². The highest BCUT2D eigenvalue weighted by molar-refractivity contribution is 5.96. The van der Waals surface area contributed by atoms with Crippen LogP contribution in [0, 0.1) is 12.8 Å². The highest BCUT2D eigenvalue weighted by Crippen LogP contribution is 2.44. The third-order valence-corrected chi connectivity index (χ3v) is 4.68. The zero-order valence-electron chi connectivity index (χ0n) is 16.9. The Morgan fingerprint density at radius 1 is 1.18 bits per heavy atom. The maximum absolute atomic E-state index is 12.8. The molecule has 0 amide bonds. The number of benzene rings is 2. The van der Waals surface area contributed by atoms with Gasteiger partial charge in [0, 0.05) is 11.1 Å². The van der Waals surface area contributed by atoms with Crippen LogP contribution in [0.4, 0.5) is 0 Å². The molecule has 0 saturated carbocycles. The van der Waals surface area contributed by atoms with Crippen molar-refractivity contribution >= 4 is 5.97 Å². The topological polar surface area (TPSA) is 74.2 Å². The zero-order valence-corrected chi connectivity index (χ0v) is 16.9. The van der Waals surface area contributed by atoms with E-state index in [-0.39, 0.29) is 23.8 Å². The van der Waals surface area contributed by atoms with Gasteiger partial charge in [-0.2, -0.15) is 0 Å². The summed E-state index contributed by atoms with van der Waals surface area (Å²) in [6, 6.07) is 7.14. The lowest BCUT2D eigenvalue weighted by Crippen LogP contribution is -2.15. The van der Waals surface area contributed by atoms with Crippen molar-refractivity contribution in [1.82, 2.24) is 0 Å². The van der Waals surface area contributed by atoms with Crippen LogP contribution in [0.3, 0.4) is 0 Å². The molecule has 0 bridgehead atoms. The molecule has 6 nitrogen and oxygen atoms in total. The van der Waals surface area contributed by atoms with Crippen LogP contribution in [0.1, 0.15) is 53.4 Å². The minimum absolute atomic E-state index is 0.0492. The fourth-order valence-corrected chi connectivity index (χ4v) is 3.43. The number of aliphatic hydroxyl groups is 1. The average Bonchev–Trinajstić information content (AvgIpc) is 2.64. The van der Waals surface area contributed by atoms with E-state index in [4.69, 9.17) is 18.9 Å². The molecule has 0 unspecified atom stereocenters. The number of carbonyl (C=O) groups excluding carboxylic acids is 1. The molecule has 1 N–H and O–H groups in total. The van der Waals surface area contributed by atoms with E-state index in [9.17, 15) is 9.90 Å². The molecular weight excluding hydrogens is 360 g/mol. The number of aliphatic hydroxyl groups excluding tert-OH is 1. The lowest BCUT2D eigenvalue weighted by Gasteiger charge is -2.24. The second kappa shape index (κ2) is 8.10. The number of carbonyl (C=O) groups is 1. The van der Waals surface area contributed by atoms with E-state index in [2.05, 4.69) is 0 Å². The highest BCUT2D eigenvalue weighted by Gasteiger charge is 2.30. The second-order valence-corrected chi connectivity index (χ2v) is 7.34. The summed E-state index contributed by atoms with van der Waals surface area (Å²) in [4.78, 5) is 12.8. The number of hydrogen-bond donors (Lipinski definition) is 1. The standard InChI is InChI=1S/C22H26O6/c1-12(2)8-16(23)15-6-7-17-19(21(15)26-5)22(24)27-11-14-9-13(3)10-18(25-4)20(14)28-17/h6-7,9-10,12,16,23H,8,11H2,1-5H3/t16-/m1/s1. The van der Waals surface area contributed by atoms with Gasteiger partial charge in [-0.1, -0.05) is 13.8 Å². The Bertz CT molecular complexity index is 887. The maximum Gasteiger partial charge on any atom is 0.346 e. The molecule has 1 atom stereocenters. The molecule has 0 radical (unpaired) electrons. The molecule has 0 aliphatic carbocycles. The third kappa shape index (κ3) is 3.78. The number of esters is 1. The molecule has 0 spiro atoms. The Morgan fingerprint density at radius 3 is 2.57 bits per heavy atom. The molecule has 1 aliphatic rings. The molecule has 2 aromatic carbocycles. The van der Waals surface area contributed by atoms with Crippen LogP contribution in [-0.2, 0) is 11.3 Å². The predicted octanol–water partition coefficient (Wildman–Crippen LogP) is 4.55. The Morgan fingerprint density at radius 2 is 1.93 bits per heavy atom. The third-order valence-electron chi connectivity index (χ3n) is 4.68. The van der Waals surface area contributed by atoms with Gasteiger partial charge in [0.1, 0.15) is 23.7 Å². The number of methoxy groups -OCH3 is 2. The largest absolute Gasteiger partial charge is 0.495 e. The SMILES string of the molecule is COc1cc(C)cc2c1Oc1ccc([C@H](O)CC(C)C)c(OC)c1C(=O)OC2. The molecule has 28 heavy (non-hydrogen) atoms. The molecule has 0 saturated heterocycles. The minimum Gasteiger partial charge on any atom is -0.495 e. The van der Waals surface area contributed by atoms with Gasteiger partial charge in [0.25, 0.3) is 0 Å². The number of rotatable bonds is 5. The van der Waals surface area contributed by atoms with Gasteiger partial charge in [-0.25, -0.2) is 4.79 Å². The van der Waals surface area contributed by atoms with Gasteiger partial charge in [-0.05, 0) is 49.1 Å². The number of fused-ring (bicyclic) bond motifs is 2. The lowest BCUT2D eigenvalue weighted by atomic mass is 9.96. The summed E-state index contributed by atoms with van der Waals surface area (Å²) in [5.74, 6) is 1.35. The summed E-state index contributed by atoms with van der Waals surface area (Å²) in [7, 11) is 3.03. The lowest BCUT2D eigenvalue weighted by molar-refractivity contribution is 0.0454. The molecule has 1 heterocycles. The van der Waals surface area contributed by atoms with E-state index in [1.807, 2.05) is 32.9 Å². The van der Waals surface area contributed by atoms with E-state index >= 15 is 0 Å². The molecule has 0 fully saturated rings. The van der Waals surface area contributed by atoms with Crippen LogP contribution in [0.25, 0.3) is 0 Å². The van der Waals surface area contributed by atoms with Gasteiger partial charge in [0.05, 0.1) is 20.3 Å². The monoisotopic (exact) mass is 386 g/mol. The molecule has 150 valence electrons. The van der Waals surface area contributed by atoms with Crippen molar-refractivity contribution in [3.05, 3.63) is 46.5 Å². The summed E-state index contributed by atoms with van der Waals surface area (Å²) < 4.78 is 22.6. The van der Waals surface area contributed by atoms with Crippen LogP contribution in [0.2, 0.25) is 0 Å². The second-order valence-electron chi connectivity index (χ2n) is 7.34. The molecule has 6 heteroatoms. The summed E-state index contributed by atoms with van der Waals surface area (Å²) in [6.07, 6.45) is -0.219. The summed E-state index contributed by atoms with van der Waals surface area (Å²) >= 11 is 0. The summed E-state index contributed by atoms with van der Waals surface area (Å²) in [5, 5.41) is 10.6. The molecular formula is C22H26O6. The van der Waals surface area contributed by atoms with Gasteiger partial charge in [-0.15, -0.1) is 0 Å². The first-order chi connectivity index (χ1) is 13.3. The van der Waals surface area contributed by atoms with Crippen LogP contribution >= 0.6 is 0 Å². The number of aryl methyl sites for hydroxylation is 1. The molecule has 0 aromatic heterocycles. The quantitative estimate of drug-likeness (QED) is 0.760. The van der Waals surface area contributed by atoms with Gasteiger partial charge < -0.3 is 24.1 Å².